The molecular formula is C19H18ClN3O3. The summed E-state index contributed by atoms with van der Waals surface area (Å²) in [5, 5.41) is 7.81. The number of ether oxygens (including phenoxy) is 2. The highest BCUT2D eigenvalue weighted by Crippen LogP contribution is 2.25. The Kier molecular flexibility index (Phi) is 5.43. The van der Waals surface area contributed by atoms with Gasteiger partial charge in [-0.15, -0.1) is 0 Å². The molecule has 0 saturated heterocycles. The zero-order valence-corrected chi connectivity index (χ0v) is 15.2. The molecule has 1 heterocycles. The maximum Gasteiger partial charge on any atom is 0.407 e. The Labute approximate surface area is 156 Å². The van der Waals surface area contributed by atoms with Crippen LogP contribution >= 0.6 is 11.6 Å². The lowest BCUT2D eigenvalue weighted by Gasteiger charge is -2.08. The van der Waals surface area contributed by atoms with E-state index in [2.05, 4.69) is 15.2 Å². The number of rotatable bonds is 5. The predicted molar refractivity (Wildman–Crippen MR) is 99.8 cm³/mol. The van der Waals surface area contributed by atoms with E-state index in [1.54, 1.807) is 17.9 Å². The van der Waals surface area contributed by atoms with Crippen molar-refractivity contribution in [2.75, 3.05) is 14.2 Å². The van der Waals surface area contributed by atoms with Gasteiger partial charge in [-0.05, 0) is 48.0 Å². The molecule has 0 aliphatic carbocycles. The molecule has 0 saturated carbocycles. The first kappa shape index (κ1) is 17.8. The highest BCUT2D eigenvalue weighted by molar-refractivity contribution is 6.31. The molecule has 0 aliphatic rings. The van der Waals surface area contributed by atoms with Crippen LogP contribution in [0.15, 0.2) is 54.7 Å². The Morgan fingerprint density at radius 3 is 2.62 bits per heavy atom. The van der Waals surface area contributed by atoms with Crippen LogP contribution in [-0.4, -0.2) is 30.1 Å². The SMILES string of the molecule is COC(=O)NCc1cc(-c2ccn(-c3ccc(OC)cc3)n2)ccc1Cl. The number of benzene rings is 2. The first-order valence-corrected chi connectivity index (χ1v) is 8.29. The molecule has 3 aromatic rings. The molecule has 7 heteroatoms. The van der Waals surface area contributed by atoms with Gasteiger partial charge < -0.3 is 14.8 Å². The summed E-state index contributed by atoms with van der Waals surface area (Å²) in [5.41, 5.74) is 3.42. The number of halogens is 1. The molecule has 0 fully saturated rings. The summed E-state index contributed by atoms with van der Waals surface area (Å²) >= 11 is 6.21. The molecule has 2 aromatic carbocycles. The zero-order valence-electron chi connectivity index (χ0n) is 14.4. The van der Waals surface area contributed by atoms with Gasteiger partial charge in [0.05, 0.1) is 25.6 Å². The quantitative estimate of drug-likeness (QED) is 0.734. The van der Waals surface area contributed by atoms with Crippen LogP contribution in [0.25, 0.3) is 16.9 Å². The lowest BCUT2D eigenvalue weighted by molar-refractivity contribution is 0.170. The van der Waals surface area contributed by atoms with Crippen molar-refractivity contribution in [3.05, 3.63) is 65.3 Å². The minimum atomic E-state index is -0.504. The molecular weight excluding hydrogens is 354 g/mol. The van der Waals surface area contributed by atoms with Gasteiger partial charge in [0, 0.05) is 23.3 Å². The standard InChI is InChI=1S/C19H18ClN3O3/c1-25-16-6-4-15(5-7-16)23-10-9-18(22-23)13-3-8-17(20)14(11-13)12-21-19(24)26-2/h3-11H,12H2,1-2H3,(H,21,24). The zero-order chi connectivity index (χ0) is 18.5. The number of carbonyl (C=O) groups excluding carboxylic acids is 1. The van der Waals surface area contributed by atoms with Crippen molar-refractivity contribution >= 4 is 17.7 Å². The number of aromatic nitrogens is 2. The average molecular weight is 372 g/mol. The number of hydrogen-bond acceptors (Lipinski definition) is 4. The van der Waals surface area contributed by atoms with Crippen molar-refractivity contribution < 1.29 is 14.3 Å². The Hall–Kier alpha value is -2.99. The maximum atomic E-state index is 11.3. The van der Waals surface area contributed by atoms with Gasteiger partial charge in [-0.2, -0.15) is 5.10 Å². The van der Waals surface area contributed by atoms with Gasteiger partial charge in [0.15, 0.2) is 0 Å². The number of nitrogens with one attached hydrogen (secondary N) is 1. The number of hydrogen-bond donors (Lipinski definition) is 1. The van der Waals surface area contributed by atoms with E-state index in [-0.39, 0.29) is 6.54 Å². The summed E-state index contributed by atoms with van der Waals surface area (Å²) in [6.07, 6.45) is 1.38. The third-order valence-corrected chi connectivity index (χ3v) is 4.24. The Morgan fingerprint density at radius 1 is 1.15 bits per heavy atom. The van der Waals surface area contributed by atoms with Gasteiger partial charge in [-0.3, -0.25) is 0 Å². The monoisotopic (exact) mass is 371 g/mol. The fourth-order valence-electron chi connectivity index (χ4n) is 2.47. The Morgan fingerprint density at radius 2 is 1.92 bits per heavy atom. The minimum absolute atomic E-state index is 0.276. The van der Waals surface area contributed by atoms with Crippen LogP contribution in [-0.2, 0) is 11.3 Å². The molecule has 0 radical (unpaired) electrons. The summed E-state index contributed by atoms with van der Waals surface area (Å²) in [5.74, 6) is 0.793. The normalized spacial score (nSPS) is 10.4. The minimum Gasteiger partial charge on any atom is -0.497 e. The second kappa shape index (κ2) is 7.93. The number of carbonyl (C=O) groups is 1. The molecule has 0 spiro atoms. The molecule has 1 aromatic heterocycles. The maximum absolute atomic E-state index is 11.3. The van der Waals surface area contributed by atoms with Gasteiger partial charge >= 0.3 is 6.09 Å². The van der Waals surface area contributed by atoms with E-state index in [1.807, 2.05) is 48.7 Å². The van der Waals surface area contributed by atoms with E-state index >= 15 is 0 Å². The summed E-state index contributed by atoms with van der Waals surface area (Å²) in [6.45, 7) is 0.276. The van der Waals surface area contributed by atoms with Crippen molar-refractivity contribution in [2.45, 2.75) is 6.54 Å². The second-order valence-corrected chi connectivity index (χ2v) is 5.90. The van der Waals surface area contributed by atoms with Crippen molar-refractivity contribution in [3.63, 3.8) is 0 Å². The molecule has 3 rings (SSSR count). The van der Waals surface area contributed by atoms with E-state index in [0.717, 1.165) is 28.3 Å². The van der Waals surface area contributed by atoms with Crippen molar-refractivity contribution in [2.24, 2.45) is 0 Å². The van der Waals surface area contributed by atoms with Crippen molar-refractivity contribution in [1.82, 2.24) is 15.1 Å². The average Bonchev–Trinajstić information content (AvgIpc) is 3.17. The van der Waals surface area contributed by atoms with Crippen LogP contribution in [0.2, 0.25) is 5.02 Å². The van der Waals surface area contributed by atoms with Crippen LogP contribution in [0.4, 0.5) is 4.79 Å². The van der Waals surface area contributed by atoms with E-state index in [4.69, 9.17) is 16.3 Å². The third kappa shape index (κ3) is 3.97. The Bertz CT molecular complexity index is 907. The summed E-state index contributed by atoms with van der Waals surface area (Å²) in [7, 11) is 2.95. The molecule has 1 N–H and O–H groups in total. The van der Waals surface area contributed by atoms with Crippen molar-refractivity contribution in [1.29, 1.82) is 0 Å². The topological polar surface area (TPSA) is 65.4 Å². The van der Waals surface area contributed by atoms with Gasteiger partial charge in [0.2, 0.25) is 0 Å². The second-order valence-electron chi connectivity index (χ2n) is 5.49. The van der Waals surface area contributed by atoms with Gasteiger partial charge in [-0.25, -0.2) is 9.48 Å². The molecule has 0 unspecified atom stereocenters. The number of amides is 1. The number of nitrogens with zero attached hydrogens (tertiary/aromatic N) is 2. The smallest absolute Gasteiger partial charge is 0.407 e. The highest BCUT2D eigenvalue weighted by atomic mass is 35.5. The lowest BCUT2D eigenvalue weighted by Crippen LogP contribution is -2.22. The molecule has 0 aliphatic heterocycles. The van der Waals surface area contributed by atoms with Crippen LogP contribution < -0.4 is 10.1 Å². The molecule has 26 heavy (non-hydrogen) atoms. The first-order valence-electron chi connectivity index (χ1n) is 7.91. The van der Waals surface area contributed by atoms with E-state index in [1.165, 1.54) is 7.11 Å². The largest absolute Gasteiger partial charge is 0.497 e. The fraction of sp³-hybridized carbons (Fsp3) is 0.158. The van der Waals surface area contributed by atoms with E-state index < -0.39 is 6.09 Å². The third-order valence-electron chi connectivity index (χ3n) is 3.88. The van der Waals surface area contributed by atoms with Gasteiger partial charge in [0.1, 0.15) is 5.75 Å². The van der Waals surface area contributed by atoms with E-state index in [0.29, 0.717) is 5.02 Å². The van der Waals surface area contributed by atoms with Crippen molar-refractivity contribution in [3.8, 4) is 22.7 Å². The molecule has 0 bridgehead atoms. The van der Waals surface area contributed by atoms with E-state index in [9.17, 15) is 4.79 Å². The molecule has 0 atom stereocenters. The van der Waals surface area contributed by atoms with Crippen LogP contribution in [0.1, 0.15) is 5.56 Å². The summed E-state index contributed by atoms with van der Waals surface area (Å²) in [6, 6.07) is 15.1. The highest BCUT2D eigenvalue weighted by Gasteiger charge is 2.09. The van der Waals surface area contributed by atoms with Crippen LogP contribution in [0, 0.1) is 0 Å². The first-order chi connectivity index (χ1) is 12.6. The van der Waals surface area contributed by atoms with Crippen LogP contribution in [0.5, 0.6) is 5.75 Å². The Balaban J connectivity index is 1.83. The fourth-order valence-corrected chi connectivity index (χ4v) is 2.65. The van der Waals surface area contributed by atoms with Gasteiger partial charge in [-0.1, -0.05) is 17.7 Å². The molecule has 1 amide bonds. The number of alkyl carbamates (subject to hydrolysis) is 1. The van der Waals surface area contributed by atoms with Crippen LogP contribution in [0.3, 0.4) is 0 Å². The summed E-state index contributed by atoms with van der Waals surface area (Å²) < 4.78 is 11.5. The number of methoxy groups -OCH3 is 2. The molecule has 6 nitrogen and oxygen atoms in total. The summed E-state index contributed by atoms with van der Waals surface area (Å²) in [4.78, 5) is 11.3. The lowest BCUT2D eigenvalue weighted by atomic mass is 10.1. The van der Waals surface area contributed by atoms with Gasteiger partial charge in [0.25, 0.3) is 0 Å². The molecule has 134 valence electrons. The predicted octanol–water partition coefficient (Wildman–Crippen LogP) is 4.06.